The van der Waals surface area contributed by atoms with E-state index in [-0.39, 0.29) is 15.5 Å². The highest BCUT2D eigenvalue weighted by molar-refractivity contribution is 7.93. The van der Waals surface area contributed by atoms with Gasteiger partial charge >= 0.3 is 5.97 Å². The zero-order valence-corrected chi connectivity index (χ0v) is 19.3. The van der Waals surface area contributed by atoms with Crippen molar-refractivity contribution in [2.24, 2.45) is 0 Å². The maximum atomic E-state index is 13.1. The van der Waals surface area contributed by atoms with Crippen LogP contribution >= 0.6 is 11.3 Å². The molecule has 6 nitrogen and oxygen atoms in total. The Balaban J connectivity index is 1.44. The van der Waals surface area contributed by atoms with Crippen LogP contribution in [0.3, 0.4) is 0 Å². The molecule has 0 saturated heterocycles. The standard InChI is InChI=1S/C25H22N2O4S2/c28-25(29)23-21-12-13-27(15-17-6-2-1-3-7-17)16-22(21)32-24(23)26-33(30,31)20-11-10-18-8-4-5-9-19(18)14-20/h1-11,14,26H,12-13,15-16H2,(H,28,29). The number of thiophene rings is 1. The van der Waals surface area contributed by atoms with Crippen molar-refractivity contribution in [1.29, 1.82) is 0 Å². The summed E-state index contributed by atoms with van der Waals surface area (Å²) in [4.78, 5) is 15.3. The van der Waals surface area contributed by atoms with Crippen LogP contribution in [0.15, 0.2) is 77.7 Å². The quantitative estimate of drug-likeness (QED) is 0.409. The van der Waals surface area contributed by atoms with Crippen LogP contribution in [0, 0.1) is 0 Å². The van der Waals surface area contributed by atoms with E-state index in [1.807, 2.05) is 42.5 Å². The van der Waals surface area contributed by atoms with Gasteiger partial charge in [-0.1, -0.05) is 60.7 Å². The Morgan fingerprint density at radius 3 is 2.48 bits per heavy atom. The molecule has 0 aliphatic carbocycles. The fourth-order valence-electron chi connectivity index (χ4n) is 4.25. The predicted molar refractivity (Wildman–Crippen MR) is 130 cm³/mol. The van der Waals surface area contributed by atoms with Gasteiger partial charge < -0.3 is 5.11 Å². The third kappa shape index (κ3) is 4.37. The van der Waals surface area contributed by atoms with E-state index in [0.717, 1.165) is 34.3 Å². The van der Waals surface area contributed by atoms with E-state index >= 15 is 0 Å². The van der Waals surface area contributed by atoms with Crippen LogP contribution in [0.2, 0.25) is 0 Å². The Hall–Kier alpha value is -3.20. The first kappa shape index (κ1) is 21.6. The molecular weight excluding hydrogens is 456 g/mol. The molecular formula is C25H22N2O4S2. The summed E-state index contributed by atoms with van der Waals surface area (Å²) in [6.45, 7) is 2.07. The molecule has 0 atom stereocenters. The molecule has 2 N–H and O–H groups in total. The van der Waals surface area contributed by atoms with Crippen molar-refractivity contribution in [3.05, 3.63) is 94.4 Å². The molecule has 2 heterocycles. The van der Waals surface area contributed by atoms with Crippen LogP contribution in [-0.4, -0.2) is 30.9 Å². The number of hydrogen-bond donors (Lipinski definition) is 2. The third-order valence-electron chi connectivity index (χ3n) is 5.86. The smallest absolute Gasteiger partial charge is 0.339 e. The summed E-state index contributed by atoms with van der Waals surface area (Å²) < 4.78 is 28.8. The van der Waals surface area contributed by atoms with Crippen LogP contribution < -0.4 is 4.72 Å². The minimum Gasteiger partial charge on any atom is -0.478 e. The summed E-state index contributed by atoms with van der Waals surface area (Å²) in [5, 5.41) is 11.8. The Morgan fingerprint density at radius 1 is 1.00 bits per heavy atom. The van der Waals surface area contributed by atoms with Gasteiger partial charge in [0.1, 0.15) is 5.00 Å². The van der Waals surface area contributed by atoms with Gasteiger partial charge in [0.2, 0.25) is 0 Å². The van der Waals surface area contributed by atoms with E-state index in [1.54, 1.807) is 18.2 Å². The summed E-state index contributed by atoms with van der Waals surface area (Å²) in [5.74, 6) is -1.11. The predicted octanol–water partition coefficient (Wildman–Crippen LogP) is 4.96. The van der Waals surface area contributed by atoms with Gasteiger partial charge in [-0.05, 0) is 40.5 Å². The number of hydrogen-bond acceptors (Lipinski definition) is 5. The van der Waals surface area contributed by atoms with Crippen molar-refractivity contribution >= 4 is 43.1 Å². The number of benzene rings is 3. The largest absolute Gasteiger partial charge is 0.478 e. The fraction of sp³-hybridized carbons (Fsp3) is 0.160. The molecule has 8 heteroatoms. The second-order valence-electron chi connectivity index (χ2n) is 8.07. The van der Waals surface area contributed by atoms with Crippen molar-refractivity contribution in [2.75, 3.05) is 11.3 Å². The van der Waals surface area contributed by atoms with Crippen molar-refractivity contribution in [1.82, 2.24) is 4.90 Å². The first-order valence-corrected chi connectivity index (χ1v) is 12.9. The molecule has 0 amide bonds. The van der Waals surface area contributed by atoms with E-state index in [4.69, 9.17) is 0 Å². The maximum absolute atomic E-state index is 13.1. The summed E-state index contributed by atoms with van der Waals surface area (Å²) in [7, 11) is -3.94. The van der Waals surface area contributed by atoms with Crippen molar-refractivity contribution in [3.63, 3.8) is 0 Å². The Morgan fingerprint density at radius 2 is 1.73 bits per heavy atom. The van der Waals surface area contributed by atoms with Crippen molar-refractivity contribution in [2.45, 2.75) is 24.4 Å². The Labute approximate surface area is 196 Å². The highest BCUT2D eigenvalue weighted by Crippen LogP contribution is 2.38. The highest BCUT2D eigenvalue weighted by atomic mass is 32.2. The minimum atomic E-state index is -3.94. The molecule has 1 aliphatic heterocycles. The molecule has 168 valence electrons. The van der Waals surface area contributed by atoms with Crippen molar-refractivity contribution < 1.29 is 18.3 Å². The van der Waals surface area contributed by atoms with Crippen LogP contribution in [0.5, 0.6) is 0 Å². The summed E-state index contributed by atoms with van der Waals surface area (Å²) in [6.07, 6.45) is 0.567. The number of carboxylic acid groups (broad SMARTS) is 1. The van der Waals surface area contributed by atoms with Crippen LogP contribution in [0.4, 0.5) is 5.00 Å². The number of rotatable bonds is 6. The number of carbonyl (C=O) groups is 1. The third-order valence-corrected chi connectivity index (χ3v) is 8.47. The molecule has 0 saturated carbocycles. The summed E-state index contributed by atoms with van der Waals surface area (Å²) in [5.41, 5.74) is 1.99. The number of nitrogens with one attached hydrogen (secondary N) is 1. The molecule has 0 spiro atoms. The average Bonchev–Trinajstić information content (AvgIpc) is 3.16. The van der Waals surface area contributed by atoms with E-state index in [9.17, 15) is 18.3 Å². The molecule has 0 fully saturated rings. The second-order valence-corrected chi connectivity index (χ2v) is 10.9. The van der Waals surface area contributed by atoms with Crippen LogP contribution in [0.1, 0.15) is 26.4 Å². The first-order valence-electron chi connectivity index (χ1n) is 10.6. The lowest BCUT2D eigenvalue weighted by Crippen LogP contribution is -2.29. The van der Waals surface area contributed by atoms with E-state index in [1.165, 1.54) is 16.9 Å². The lowest BCUT2D eigenvalue weighted by atomic mass is 10.0. The van der Waals surface area contributed by atoms with Gasteiger partial charge in [0, 0.05) is 24.5 Å². The molecule has 0 unspecified atom stereocenters. The number of carboxylic acids is 1. The monoisotopic (exact) mass is 478 g/mol. The zero-order chi connectivity index (χ0) is 23.0. The van der Waals surface area contributed by atoms with Gasteiger partial charge in [-0.3, -0.25) is 9.62 Å². The van der Waals surface area contributed by atoms with Crippen LogP contribution in [-0.2, 0) is 29.5 Å². The molecule has 1 aliphatic rings. The van der Waals surface area contributed by atoms with Gasteiger partial charge in [0.05, 0.1) is 10.5 Å². The number of aromatic carboxylic acids is 1. The molecule has 33 heavy (non-hydrogen) atoms. The number of nitrogens with zero attached hydrogens (tertiary/aromatic N) is 1. The lowest BCUT2D eigenvalue weighted by Gasteiger charge is -2.26. The molecule has 1 aromatic heterocycles. The van der Waals surface area contributed by atoms with Crippen LogP contribution in [0.25, 0.3) is 10.8 Å². The van der Waals surface area contributed by atoms with E-state index in [2.05, 4.69) is 21.8 Å². The summed E-state index contributed by atoms with van der Waals surface area (Å²) in [6, 6.07) is 22.5. The molecule has 4 aromatic rings. The fourth-order valence-corrected chi connectivity index (χ4v) is 6.87. The first-order chi connectivity index (χ1) is 15.9. The molecule has 0 bridgehead atoms. The zero-order valence-electron chi connectivity index (χ0n) is 17.7. The Bertz CT molecular complexity index is 1450. The van der Waals surface area contributed by atoms with Gasteiger partial charge in [0.15, 0.2) is 0 Å². The topological polar surface area (TPSA) is 86.7 Å². The number of fused-ring (bicyclic) bond motifs is 2. The number of sulfonamides is 1. The normalized spacial score (nSPS) is 14.2. The highest BCUT2D eigenvalue weighted by Gasteiger charge is 2.30. The lowest BCUT2D eigenvalue weighted by molar-refractivity contribution is 0.0696. The molecule has 5 rings (SSSR count). The SMILES string of the molecule is O=C(O)c1c(NS(=O)(=O)c2ccc3ccccc3c2)sc2c1CCN(Cc1ccccc1)C2. The van der Waals surface area contributed by atoms with Gasteiger partial charge in [-0.15, -0.1) is 11.3 Å². The number of anilines is 1. The van der Waals surface area contributed by atoms with Gasteiger partial charge in [0.25, 0.3) is 10.0 Å². The van der Waals surface area contributed by atoms with E-state index in [0.29, 0.717) is 13.0 Å². The minimum absolute atomic E-state index is 0.0683. The van der Waals surface area contributed by atoms with E-state index < -0.39 is 16.0 Å². The van der Waals surface area contributed by atoms with Crippen molar-refractivity contribution in [3.8, 4) is 0 Å². The Kier molecular flexibility index (Phi) is 5.65. The van der Waals surface area contributed by atoms with Gasteiger partial charge in [-0.2, -0.15) is 0 Å². The maximum Gasteiger partial charge on any atom is 0.339 e. The average molecular weight is 479 g/mol. The van der Waals surface area contributed by atoms with Gasteiger partial charge in [-0.25, -0.2) is 13.2 Å². The molecule has 0 radical (unpaired) electrons. The summed E-state index contributed by atoms with van der Waals surface area (Å²) >= 11 is 1.22. The second kappa shape index (κ2) is 8.62. The molecule has 3 aromatic carbocycles.